The van der Waals surface area contributed by atoms with Crippen LogP contribution in [0, 0.1) is 5.92 Å². The van der Waals surface area contributed by atoms with Gasteiger partial charge in [-0.15, -0.1) is 0 Å². The van der Waals surface area contributed by atoms with Crippen LogP contribution < -0.4 is 5.32 Å². The average Bonchev–Trinajstić information content (AvgIpc) is 2.43. The summed E-state index contributed by atoms with van der Waals surface area (Å²) >= 11 is 0. The first-order valence-corrected chi connectivity index (χ1v) is 8.70. The normalized spacial score (nSPS) is 12.9. The summed E-state index contributed by atoms with van der Waals surface area (Å²) in [5.74, 6) is -1.86. The average molecular weight is 327 g/mol. The van der Waals surface area contributed by atoms with Crippen molar-refractivity contribution >= 4 is 21.7 Å². The third-order valence-electron chi connectivity index (χ3n) is 3.17. The molecule has 0 aromatic heterocycles. The minimum atomic E-state index is -3.33. The molecule has 0 fully saturated rings. The van der Waals surface area contributed by atoms with Crippen LogP contribution in [-0.4, -0.2) is 37.2 Å². The van der Waals surface area contributed by atoms with Crippen LogP contribution in [0.2, 0.25) is 0 Å². The van der Waals surface area contributed by atoms with E-state index >= 15 is 0 Å². The molecule has 22 heavy (non-hydrogen) atoms. The van der Waals surface area contributed by atoms with Crippen LogP contribution in [0.5, 0.6) is 0 Å². The molecule has 1 rings (SSSR count). The van der Waals surface area contributed by atoms with Crippen molar-refractivity contribution in [3.8, 4) is 0 Å². The van der Waals surface area contributed by atoms with Crippen molar-refractivity contribution < 1.29 is 23.1 Å². The van der Waals surface area contributed by atoms with Gasteiger partial charge in [-0.1, -0.05) is 20.8 Å². The van der Waals surface area contributed by atoms with Crippen LogP contribution in [0.15, 0.2) is 29.2 Å². The molecule has 2 N–H and O–H groups in total. The van der Waals surface area contributed by atoms with Crippen LogP contribution in [0.4, 0.5) is 0 Å². The molecule has 6 nitrogen and oxygen atoms in total. The van der Waals surface area contributed by atoms with E-state index in [9.17, 15) is 18.0 Å². The largest absolute Gasteiger partial charge is 0.480 e. The molecule has 1 unspecified atom stereocenters. The molecule has 0 bridgehead atoms. The van der Waals surface area contributed by atoms with Gasteiger partial charge in [0.05, 0.1) is 10.6 Å². The number of carboxylic acids is 1. The first-order valence-electron chi connectivity index (χ1n) is 7.05. The van der Waals surface area contributed by atoms with Crippen LogP contribution >= 0.6 is 0 Å². The molecule has 0 saturated carbocycles. The number of nitrogens with one attached hydrogen (secondary N) is 1. The lowest BCUT2D eigenvalue weighted by Gasteiger charge is -2.17. The number of hydrogen-bond acceptors (Lipinski definition) is 4. The molecule has 0 heterocycles. The highest BCUT2D eigenvalue weighted by molar-refractivity contribution is 7.91. The van der Waals surface area contributed by atoms with E-state index in [1.54, 1.807) is 20.8 Å². The number of carbonyl (C=O) groups is 2. The number of sulfone groups is 1. The van der Waals surface area contributed by atoms with E-state index in [-0.39, 0.29) is 22.1 Å². The van der Waals surface area contributed by atoms with Gasteiger partial charge >= 0.3 is 5.97 Å². The fourth-order valence-electron chi connectivity index (χ4n) is 1.94. The van der Waals surface area contributed by atoms with Gasteiger partial charge in [-0.2, -0.15) is 0 Å². The molecule has 1 atom stereocenters. The number of carboxylic acid groups (broad SMARTS) is 1. The highest BCUT2D eigenvalue weighted by atomic mass is 32.2. The SMILES string of the molecule is CCCS(=O)(=O)c1ccc(C(=O)NC(C(=O)O)C(C)C)cc1. The summed E-state index contributed by atoms with van der Waals surface area (Å²) in [5, 5.41) is 11.5. The maximum absolute atomic E-state index is 12.0. The highest BCUT2D eigenvalue weighted by Gasteiger charge is 2.24. The third-order valence-corrected chi connectivity index (χ3v) is 5.10. The Morgan fingerprint density at radius 3 is 2.14 bits per heavy atom. The monoisotopic (exact) mass is 327 g/mol. The van der Waals surface area contributed by atoms with Crippen molar-refractivity contribution in [2.24, 2.45) is 5.92 Å². The standard InChI is InChI=1S/C15H21NO5S/c1-4-9-22(20,21)12-7-5-11(6-8-12)14(17)16-13(10(2)3)15(18)19/h5-8,10,13H,4,9H2,1-3H3,(H,16,17)(H,18,19). The third kappa shape index (κ3) is 4.56. The lowest BCUT2D eigenvalue weighted by molar-refractivity contribution is -0.140. The lowest BCUT2D eigenvalue weighted by atomic mass is 10.0. The number of benzene rings is 1. The predicted octanol–water partition coefficient (Wildman–Crippen LogP) is 1.71. The molecule has 7 heteroatoms. The fourth-order valence-corrected chi connectivity index (χ4v) is 3.26. The minimum absolute atomic E-state index is 0.0486. The van der Waals surface area contributed by atoms with Gasteiger partial charge in [-0.3, -0.25) is 4.79 Å². The van der Waals surface area contributed by atoms with Gasteiger partial charge in [0, 0.05) is 5.56 Å². The number of aliphatic carboxylic acids is 1. The second-order valence-electron chi connectivity index (χ2n) is 5.38. The van der Waals surface area contributed by atoms with Crippen molar-refractivity contribution in [1.82, 2.24) is 5.32 Å². The molecule has 0 spiro atoms. The Hall–Kier alpha value is -1.89. The first-order chi connectivity index (χ1) is 10.2. The molecule has 0 aliphatic carbocycles. The second kappa shape index (κ2) is 7.40. The maximum Gasteiger partial charge on any atom is 0.326 e. The molecule has 1 amide bonds. The van der Waals surface area contributed by atoms with Crippen LogP contribution in [-0.2, 0) is 14.6 Å². The summed E-state index contributed by atoms with van der Waals surface area (Å²) in [4.78, 5) is 23.3. The Labute approximate surface area is 130 Å². The minimum Gasteiger partial charge on any atom is -0.480 e. The van der Waals surface area contributed by atoms with E-state index in [0.29, 0.717) is 6.42 Å². The van der Waals surface area contributed by atoms with Gasteiger partial charge in [0.1, 0.15) is 6.04 Å². The van der Waals surface area contributed by atoms with Gasteiger partial charge < -0.3 is 10.4 Å². The van der Waals surface area contributed by atoms with Crippen LogP contribution in [0.25, 0.3) is 0 Å². The Bertz CT molecular complexity index is 634. The van der Waals surface area contributed by atoms with E-state index < -0.39 is 27.8 Å². The topological polar surface area (TPSA) is 101 Å². The first kappa shape index (κ1) is 18.2. The van der Waals surface area contributed by atoms with E-state index in [1.807, 2.05) is 0 Å². The van der Waals surface area contributed by atoms with Crippen LogP contribution in [0.3, 0.4) is 0 Å². The summed E-state index contributed by atoms with van der Waals surface area (Å²) in [6, 6.07) is 4.51. The van der Waals surface area contributed by atoms with E-state index in [0.717, 1.165) is 0 Å². The van der Waals surface area contributed by atoms with Gasteiger partial charge in [0.25, 0.3) is 5.91 Å². The van der Waals surface area contributed by atoms with E-state index in [4.69, 9.17) is 5.11 Å². The van der Waals surface area contributed by atoms with E-state index in [1.165, 1.54) is 24.3 Å². The predicted molar refractivity (Wildman–Crippen MR) is 82.5 cm³/mol. The maximum atomic E-state index is 12.0. The highest BCUT2D eigenvalue weighted by Crippen LogP contribution is 2.14. The fraction of sp³-hybridized carbons (Fsp3) is 0.467. The molecule has 0 saturated heterocycles. The molecule has 122 valence electrons. The molecule has 0 aliphatic heterocycles. The van der Waals surface area contributed by atoms with Gasteiger partial charge in [-0.25, -0.2) is 13.2 Å². The van der Waals surface area contributed by atoms with Gasteiger partial charge in [0.2, 0.25) is 0 Å². The quantitative estimate of drug-likeness (QED) is 0.794. The zero-order chi connectivity index (χ0) is 16.9. The number of hydrogen-bond donors (Lipinski definition) is 2. The van der Waals surface area contributed by atoms with Crippen molar-refractivity contribution in [1.29, 1.82) is 0 Å². The number of rotatable bonds is 7. The number of carbonyl (C=O) groups excluding carboxylic acids is 1. The Morgan fingerprint density at radius 1 is 1.18 bits per heavy atom. The molecular formula is C15H21NO5S. The summed E-state index contributed by atoms with van der Waals surface area (Å²) in [6.07, 6.45) is 0.513. The summed E-state index contributed by atoms with van der Waals surface area (Å²) < 4.78 is 23.8. The summed E-state index contributed by atoms with van der Waals surface area (Å²) in [7, 11) is -3.33. The Kier molecular flexibility index (Phi) is 6.11. The molecule has 0 aliphatic rings. The zero-order valence-corrected chi connectivity index (χ0v) is 13.7. The smallest absolute Gasteiger partial charge is 0.326 e. The van der Waals surface area contributed by atoms with Crippen molar-refractivity contribution in [2.45, 2.75) is 38.1 Å². The van der Waals surface area contributed by atoms with Crippen molar-refractivity contribution in [3.63, 3.8) is 0 Å². The van der Waals surface area contributed by atoms with Crippen LogP contribution in [0.1, 0.15) is 37.6 Å². The molecule has 0 radical (unpaired) electrons. The Balaban J connectivity index is 2.91. The van der Waals surface area contributed by atoms with Gasteiger partial charge in [0.15, 0.2) is 9.84 Å². The van der Waals surface area contributed by atoms with Crippen molar-refractivity contribution in [2.75, 3.05) is 5.75 Å². The zero-order valence-electron chi connectivity index (χ0n) is 12.9. The Morgan fingerprint density at radius 2 is 1.73 bits per heavy atom. The van der Waals surface area contributed by atoms with E-state index in [2.05, 4.69) is 5.32 Å². The summed E-state index contributed by atoms with van der Waals surface area (Å²) in [5.41, 5.74) is 0.224. The van der Waals surface area contributed by atoms with Gasteiger partial charge in [-0.05, 0) is 36.6 Å². The summed E-state index contributed by atoms with van der Waals surface area (Å²) in [6.45, 7) is 5.16. The molecule has 1 aromatic carbocycles. The number of amides is 1. The molecule has 1 aromatic rings. The molecular weight excluding hydrogens is 306 g/mol. The second-order valence-corrected chi connectivity index (χ2v) is 7.49. The van der Waals surface area contributed by atoms with Crippen molar-refractivity contribution in [3.05, 3.63) is 29.8 Å². The lowest BCUT2D eigenvalue weighted by Crippen LogP contribution is -2.44.